The van der Waals surface area contributed by atoms with Crippen LogP contribution in [0.5, 0.6) is 5.75 Å². The zero-order valence-electron chi connectivity index (χ0n) is 11.5. The number of hydrogen-bond acceptors (Lipinski definition) is 4. The molecule has 0 bridgehead atoms. The van der Waals surface area contributed by atoms with Crippen molar-refractivity contribution < 1.29 is 14.3 Å². The monoisotopic (exact) mass is 289 g/mol. The Balaban J connectivity index is 1.99. The molecule has 6 heteroatoms. The summed E-state index contributed by atoms with van der Waals surface area (Å²) in [7, 11) is 1.73. The maximum atomic E-state index is 13.0. The molecular weight excluding hydrogens is 273 g/mol. The number of nitrogen functional groups attached to an aromatic ring is 1. The Morgan fingerprint density at radius 2 is 2.10 bits per heavy atom. The van der Waals surface area contributed by atoms with Crippen molar-refractivity contribution in [3.63, 3.8) is 0 Å². The minimum atomic E-state index is -0.523. The molecule has 21 heavy (non-hydrogen) atoms. The Morgan fingerprint density at radius 1 is 1.33 bits per heavy atom. The van der Waals surface area contributed by atoms with Crippen molar-refractivity contribution in [2.75, 3.05) is 29.5 Å². The Labute approximate surface area is 121 Å². The van der Waals surface area contributed by atoms with Gasteiger partial charge < -0.3 is 21.1 Å². The number of halogens is 1. The van der Waals surface area contributed by atoms with Gasteiger partial charge in [-0.05, 0) is 30.3 Å². The van der Waals surface area contributed by atoms with Crippen LogP contribution in [0.4, 0.5) is 21.5 Å². The van der Waals surface area contributed by atoms with Crippen LogP contribution in [-0.2, 0) is 4.79 Å². The first-order valence-electron chi connectivity index (χ1n) is 6.31. The normalized spacial score (nSPS) is 10.2. The molecule has 0 aliphatic rings. The van der Waals surface area contributed by atoms with Crippen LogP contribution in [-0.4, -0.2) is 24.6 Å². The number of nitrogens with one attached hydrogen (secondary N) is 1. The first kappa shape index (κ1) is 14.6. The quantitative estimate of drug-likeness (QED) is 0.754. The van der Waals surface area contributed by atoms with E-state index in [1.807, 2.05) is 0 Å². The van der Waals surface area contributed by atoms with Gasteiger partial charge in [-0.1, -0.05) is 6.07 Å². The smallest absolute Gasteiger partial charge is 0.243 e. The third kappa shape index (κ3) is 3.85. The van der Waals surface area contributed by atoms with Gasteiger partial charge in [-0.3, -0.25) is 4.79 Å². The lowest BCUT2D eigenvalue weighted by Crippen LogP contribution is -2.30. The van der Waals surface area contributed by atoms with E-state index in [0.29, 0.717) is 11.4 Å². The van der Waals surface area contributed by atoms with E-state index in [0.717, 1.165) is 0 Å². The van der Waals surface area contributed by atoms with Crippen molar-refractivity contribution in [2.45, 2.75) is 0 Å². The number of phenols is 1. The second-order valence-electron chi connectivity index (χ2n) is 4.66. The van der Waals surface area contributed by atoms with Gasteiger partial charge in [0.2, 0.25) is 5.91 Å². The molecule has 2 aromatic rings. The van der Waals surface area contributed by atoms with E-state index in [1.54, 1.807) is 36.2 Å². The molecule has 0 aliphatic carbocycles. The molecule has 0 spiro atoms. The molecule has 0 heterocycles. The van der Waals surface area contributed by atoms with Crippen molar-refractivity contribution >= 4 is 23.0 Å². The maximum Gasteiger partial charge on any atom is 0.243 e. The lowest BCUT2D eigenvalue weighted by atomic mass is 10.2. The minimum absolute atomic E-state index is 0.0193. The van der Waals surface area contributed by atoms with E-state index in [-0.39, 0.29) is 23.9 Å². The van der Waals surface area contributed by atoms with Crippen LogP contribution in [0.15, 0.2) is 42.5 Å². The number of likely N-dealkylation sites (N-methyl/N-ethyl adjacent to an activating group) is 1. The van der Waals surface area contributed by atoms with Gasteiger partial charge in [-0.15, -0.1) is 0 Å². The highest BCUT2D eigenvalue weighted by atomic mass is 19.1. The number of nitrogens with two attached hydrogens (primary N) is 1. The van der Waals surface area contributed by atoms with Crippen LogP contribution in [0, 0.1) is 5.82 Å². The van der Waals surface area contributed by atoms with Gasteiger partial charge in [-0.2, -0.15) is 0 Å². The molecule has 5 nitrogen and oxygen atoms in total. The molecule has 0 aliphatic heterocycles. The third-order valence-electron chi connectivity index (χ3n) is 2.93. The molecule has 1 amide bonds. The zero-order chi connectivity index (χ0) is 15.4. The number of phenolic OH excluding ortho intramolecular Hbond substituents is 1. The van der Waals surface area contributed by atoms with Gasteiger partial charge in [-0.25, -0.2) is 4.39 Å². The van der Waals surface area contributed by atoms with Crippen molar-refractivity contribution in [3.8, 4) is 5.75 Å². The molecular formula is C15H16FN3O2. The predicted octanol–water partition coefficient (Wildman–Crippen LogP) is 2.19. The summed E-state index contributed by atoms with van der Waals surface area (Å²) < 4.78 is 13.0. The van der Waals surface area contributed by atoms with E-state index < -0.39 is 5.82 Å². The highest BCUT2D eigenvalue weighted by Gasteiger charge is 2.09. The van der Waals surface area contributed by atoms with E-state index in [4.69, 9.17) is 5.73 Å². The molecule has 0 aromatic heterocycles. The molecule has 4 N–H and O–H groups in total. The second kappa shape index (κ2) is 6.13. The largest absolute Gasteiger partial charge is 0.508 e. The summed E-state index contributed by atoms with van der Waals surface area (Å²) in [5, 5.41) is 12.0. The van der Waals surface area contributed by atoms with E-state index >= 15 is 0 Å². The lowest BCUT2D eigenvalue weighted by Gasteiger charge is -2.19. The van der Waals surface area contributed by atoms with Crippen LogP contribution in [0.2, 0.25) is 0 Å². The van der Waals surface area contributed by atoms with Crippen molar-refractivity contribution in [3.05, 3.63) is 48.3 Å². The summed E-state index contributed by atoms with van der Waals surface area (Å²) in [4.78, 5) is 13.6. The second-order valence-corrected chi connectivity index (χ2v) is 4.66. The minimum Gasteiger partial charge on any atom is -0.508 e. The average Bonchev–Trinajstić information content (AvgIpc) is 2.43. The predicted molar refractivity (Wildman–Crippen MR) is 80.8 cm³/mol. The summed E-state index contributed by atoms with van der Waals surface area (Å²) >= 11 is 0. The number of benzene rings is 2. The number of rotatable bonds is 4. The first-order chi connectivity index (χ1) is 9.95. The first-order valence-corrected chi connectivity index (χ1v) is 6.31. The Bertz CT molecular complexity index is 661. The zero-order valence-corrected chi connectivity index (χ0v) is 11.5. The van der Waals surface area contributed by atoms with Crippen LogP contribution in [0.25, 0.3) is 0 Å². The fourth-order valence-electron chi connectivity index (χ4n) is 1.86. The number of nitrogens with zero attached hydrogens (tertiary/aromatic N) is 1. The summed E-state index contributed by atoms with van der Waals surface area (Å²) in [6, 6.07) is 10.6. The molecule has 110 valence electrons. The molecule has 2 rings (SSSR count). The molecule has 0 atom stereocenters. The van der Waals surface area contributed by atoms with Crippen LogP contribution >= 0.6 is 0 Å². The van der Waals surface area contributed by atoms with Crippen molar-refractivity contribution in [1.82, 2.24) is 0 Å². The topological polar surface area (TPSA) is 78.6 Å². The molecule has 0 saturated carbocycles. The van der Waals surface area contributed by atoms with E-state index in [9.17, 15) is 14.3 Å². The summed E-state index contributed by atoms with van der Waals surface area (Å²) in [6.45, 7) is 0.0841. The Morgan fingerprint density at radius 3 is 2.76 bits per heavy atom. The van der Waals surface area contributed by atoms with E-state index in [2.05, 4.69) is 5.32 Å². The average molecular weight is 289 g/mol. The number of carbonyl (C=O) groups is 1. The van der Waals surface area contributed by atoms with Gasteiger partial charge in [0.15, 0.2) is 0 Å². The number of anilines is 3. The van der Waals surface area contributed by atoms with Gasteiger partial charge in [0.05, 0.1) is 12.2 Å². The van der Waals surface area contributed by atoms with Gasteiger partial charge in [0, 0.05) is 24.5 Å². The van der Waals surface area contributed by atoms with Crippen LogP contribution in [0.3, 0.4) is 0 Å². The standard InChI is InChI=1S/C15H16FN3O2/c1-19(11-3-2-4-12(20)8-11)9-15(21)18-10-5-6-13(16)14(17)7-10/h2-8,20H,9,17H2,1H3,(H,18,21). The van der Waals surface area contributed by atoms with E-state index in [1.165, 1.54) is 18.2 Å². The Hall–Kier alpha value is -2.76. The fourth-order valence-corrected chi connectivity index (χ4v) is 1.86. The number of amides is 1. The molecule has 2 aromatic carbocycles. The fraction of sp³-hybridized carbons (Fsp3) is 0.133. The molecule has 0 fully saturated rings. The summed E-state index contributed by atoms with van der Waals surface area (Å²) in [5.74, 6) is -0.664. The lowest BCUT2D eigenvalue weighted by molar-refractivity contribution is -0.114. The maximum absolute atomic E-state index is 13.0. The molecule has 0 radical (unpaired) electrons. The molecule has 0 unspecified atom stereocenters. The Kier molecular flexibility index (Phi) is 4.27. The number of carbonyl (C=O) groups excluding carboxylic acids is 1. The highest BCUT2D eigenvalue weighted by molar-refractivity contribution is 5.94. The number of hydrogen-bond donors (Lipinski definition) is 3. The van der Waals surface area contributed by atoms with Gasteiger partial charge >= 0.3 is 0 Å². The third-order valence-corrected chi connectivity index (χ3v) is 2.93. The SMILES string of the molecule is CN(CC(=O)Nc1ccc(F)c(N)c1)c1cccc(O)c1. The van der Waals surface area contributed by atoms with Gasteiger partial charge in [0.1, 0.15) is 11.6 Å². The van der Waals surface area contributed by atoms with Crippen LogP contribution < -0.4 is 16.0 Å². The number of aromatic hydroxyl groups is 1. The van der Waals surface area contributed by atoms with Crippen molar-refractivity contribution in [1.29, 1.82) is 0 Å². The van der Waals surface area contributed by atoms with Crippen LogP contribution in [0.1, 0.15) is 0 Å². The van der Waals surface area contributed by atoms with Crippen molar-refractivity contribution in [2.24, 2.45) is 0 Å². The molecule has 0 saturated heterocycles. The summed E-state index contributed by atoms with van der Waals surface area (Å²) in [5.41, 5.74) is 6.57. The summed E-state index contributed by atoms with van der Waals surface area (Å²) in [6.07, 6.45) is 0. The van der Waals surface area contributed by atoms with Gasteiger partial charge in [0.25, 0.3) is 0 Å². The highest BCUT2D eigenvalue weighted by Crippen LogP contribution is 2.19.